The molecule has 1 saturated heterocycles. The highest BCUT2D eigenvalue weighted by atomic mass is 35.5. The summed E-state index contributed by atoms with van der Waals surface area (Å²) in [6.07, 6.45) is -5.20. The number of piperazine rings is 1. The summed E-state index contributed by atoms with van der Waals surface area (Å²) >= 11 is 0. The molecule has 1 aliphatic rings. The number of halogens is 5. The first-order chi connectivity index (χ1) is 15.5. The van der Waals surface area contributed by atoms with Crippen LogP contribution in [0.3, 0.4) is 0 Å². The van der Waals surface area contributed by atoms with Crippen LogP contribution in [0.4, 0.5) is 13.2 Å². The van der Waals surface area contributed by atoms with Crippen molar-refractivity contribution in [2.75, 3.05) is 26.2 Å². The van der Waals surface area contributed by atoms with Gasteiger partial charge in [0.1, 0.15) is 11.5 Å². The van der Waals surface area contributed by atoms with Gasteiger partial charge >= 0.3 is 6.18 Å². The van der Waals surface area contributed by atoms with E-state index in [4.69, 9.17) is 9.47 Å². The lowest BCUT2D eigenvalue weighted by Gasteiger charge is -2.36. The maximum Gasteiger partial charge on any atom is 0.390 e. The van der Waals surface area contributed by atoms with Crippen molar-refractivity contribution in [1.82, 2.24) is 10.2 Å². The van der Waals surface area contributed by atoms with Gasteiger partial charge < -0.3 is 14.8 Å². The van der Waals surface area contributed by atoms with Gasteiger partial charge in [-0.25, -0.2) is 0 Å². The van der Waals surface area contributed by atoms with Gasteiger partial charge in [-0.05, 0) is 42.0 Å². The van der Waals surface area contributed by atoms with E-state index in [1.807, 2.05) is 53.4 Å². The molecule has 184 valence electrons. The van der Waals surface area contributed by atoms with Crippen LogP contribution in [0, 0.1) is 0 Å². The van der Waals surface area contributed by atoms with Crippen molar-refractivity contribution in [3.63, 3.8) is 0 Å². The van der Waals surface area contributed by atoms with E-state index in [2.05, 4.69) is 5.32 Å². The van der Waals surface area contributed by atoms with E-state index in [9.17, 15) is 13.2 Å². The Morgan fingerprint density at radius 3 is 1.82 bits per heavy atom. The minimum Gasteiger partial charge on any atom is -0.453 e. The lowest BCUT2D eigenvalue weighted by atomic mass is 10.00. The lowest BCUT2D eigenvalue weighted by molar-refractivity contribution is -0.148. The van der Waals surface area contributed by atoms with E-state index < -0.39 is 18.6 Å². The normalized spacial score (nSPS) is 14.9. The van der Waals surface area contributed by atoms with Crippen LogP contribution in [0.15, 0.2) is 78.9 Å². The molecule has 0 bridgehead atoms. The van der Waals surface area contributed by atoms with Gasteiger partial charge in [-0.2, -0.15) is 13.2 Å². The molecule has 9 heteroatoms. The lowest BCUT2D eigenvalue weighted by Crippen LogP contribution is -2.46. The molecule has 1 heterocycles. The Kier molecular flexibility index (Phi) is 10.5. The molecular formula is C25H27Cl2F3N2O2. The predicted molar refractivity (Wildman–Crippen MR) is 132 cm³/mol. The molecule has 1 N–H and O–H groups in total. The molecule has 4 nitrogen and oxygen atoms in total. The minimum atomic E-state index is -4.28. The summed E-state index contributed by atoms with van der Waals surface area (Å²) in [5, 5.41) is 3.20. The van der Waals surface area contributed by atoms with E-state index in [-0.39, 0.29) is 24.8 Å². The standard InChI is InChI=1S/C25H25F3N2O2.2ClH/c26-25(27,28)18-22(30-15-13-29-14-16-30)19-11-12-23(31-20-7-3-1-4-8-20)24(17-19)32-21-9-5-2-6-10-21;;/h1-12,17,22,29H,13-16,18H2;2*1H/t22-;;/m1../s1. The monoisotopic (exact) mass is 514 g/mol. The third kappa shape index (κ3) is 7.81. The summed E-state index contributed by atoms with van der Waals surface area (Å²) in [6.45, 7) is 2.43. The molecule has 1 fully saturated rings. The van der Waals surface area contributed by atoms with Crippen LogP contribution < -0.4 is 14.8 Å². The first kappa shape index (κ1) is 27.8. The molecule has 0 aromatic heterocycles. The van der Waals surface area contributed by atoms with Crippen molar-refractivity contribution in [2.24, 2.45) is 0 Å². The van der Waals surface area contributed by atoms with E-state index in [0.717, 1.165) is 0 Å². The highest BCUT2D eigenvalue weighted by molar-refractivity contribution is 5.85. The van der Waals surface area contributed by atoms with Crippen molar-refractivity contribution < 1.29 is 22.6 Å². The Morgan fingerprint density at radius 2 is 1.29 bits per heavy atom. The summed E-state index contributed by atoms with van der Waals surface area (Å²) in [4.78, 5) is 1.88. The number of benzene rings is 3. The highest BCUT2D eigenvalue weighted by Gasteiger charge is 2.36. The molecule has 3 aromatic carbocycles. The van der Waals surface area contributed by atoms with Crippen LogP contribution in [0.5, 0.6) is 23.0 Å². The zero-order valence-corrected chi connectivity index (χ0v) is 20.0. The number of alkyl halides is 3. The van der Waals surface area contributed by atoms with E-state index in [0.29, 0.717) is 54.7 Å². The number of nitrogens with one attached hydrogen (secondary N) is 1. The quantitative estimate of drug-likeness (QED) is 0.367. The Balaban J connectivity index is 0.00000204. The number of rotatable bonds is 7. The Morgan fingerprint density at radius 1 is 0.765 bits per heavy atom. The van der Waals surface area contributed by atoms with Crippen LogP contribution in [0.25, 0.3) is 0 Å². The second kappa shape index (κ2) is 12.9. The third-order valence-electron chi connectivity index (χ3n) is 5.31. The topological polar surface area (TPSA) is 33.7 Å². The zero-order chi connectivity index (χ0) is 22.4. The van der Waals surface area contributed by atoms with Crippen LogP contribution in [-0.2, 0) is 0 Å². The maximum absolute atomic E-state index is 13.5. The molecule has 1 aliphatic heterocycles. The summed E-state index contributed by atoms with van der Waals surface area (Å²) in [5.41, 5.74) is 0.551. The van der Waals surface area contributed by atoms with Gasteiger partial charge in [0.25, 0.3) is 0 Å². The number of hydrogen-bond donors (Lipinski definition) is 1. The fraction of sp³-hybridized carbons (Fsp3) is 0.280. The van der Waals surface area contributed by atoms with Crippen LogP contribution in [0.2, 0.25) is 0 Å². The van der Waals surface area contributed by atoms with Gasteiger partial charge in [-0.3, -0.25) is 4.90 Å². The second-order valence-corrected chi connectivity index (χ2v) is 7.66. The third-order valence-corrected chi connectivity index (χ3v) is 5.31. The number of nitrogens with zero attached hydrogens (tertiary/aromatic N) is 1. The smallest absolute Gasteiger partial charge is 0.390 e. The first-order valence-corrected chi connectivity index (χ1v) is 10.6. The van der Waals surface area contributed by atoms with Crippen LogP contribution >= 0.6 is 24.8 Å². The maximum atomic E-state index is 13.5. The van der Waals surface area contributed by atoms with Crippen LogP contribution in [0.1, 0.15) is 18.0 Å². The number of para-hydroxylation sites is 2. The van der Waals surface area contributed by atoms with Crippen molar-refractivity contribution in [2.45, 2.75) is 18.6 Å². The fourth-order valence-corrected chi connectivity index (χ4v) is 3.80. The van der Waals surface area contributed by atoms with Crippen molar-refractivity contribution in [1.29, 1.82) is 0 Å². The molecule has 0 spiro atoms. The highest BCUT2D eigenvalue weighted by Crippen LogP contribution is 2.40. The van der Waals surface area contributed by atoms with E-state index >= 15 is 0 Å². The molecule has 3 aromatic rings. The molecule has 1 atom stereocenters. The largest absolute Gasteiger partial charge is 0.453 e. The van der Waals surface area contributed by atoms with Gasteiger partial charge in [0, 0.05) is 32.2 Å². The molecule has 4 rings (SSSR count). The summed E-state index contributed by atoms with van der Waals surface area (Å²) in [7, 11) is 0. The Bertz CT molecular complexity index is 1000. The molecule has 0 unspecified atom stereocenters. The second-order valence-electron chi connectivity index (χ2n) is 7.66. The van der Waals surface area contributed by atoms with Crippen molar-refractivity contribution >= 4 is 24.8 Å². The summed E-state index contributed by atoms with van der Waals surface area (Å²) < 4.78 is 52.4. The molecular weight excluding hydrogens is 488 g/mol. The van der Waals surface area contributed by atoms with Gasteiger partial charge in [-0.1, -0.05) is 42.5 Å². The van der Waals surface area contributed by atoms with Crippen molar-refractivity contribution in [3.05, 3.63) is 84.4 Å². The zero-order valence-electron chi connectivity index (χ0n) is 18.3. The van der Waals surface area contributed by atoms with Crippen LogP contribution in [-0.4, -0.2) is 37.3 Å². The molecule has 0 saturated carbocycles. The average Bonchev–Trinajstić information content (AvgIpc) is 2.80. The van der Waals surface area contributed by atoms with Gasteiger partial charge in [0.05, 0.1) is 6.42 Å². The van der Waals surface area contributed by atoms with Gasteiger partial charge in [-0.15, -0.1) is 24.8 Å². The molecule has 34 heavy (non-hydrogen) atoms. The van der Waals surface area contributed by atoms with E-state index in [1.165, 1.54) is 0 Å². The molecule has 0 amide bonds. The molecule has 0 aliphatic carbocycles. The first-order valence-electron chi connectivity index (χ1n) is 10.6. The minimum absolute atomic E-state index is 0. The Labute approximate surface area is 209 Å². The van der Waals surface area contributed by atoms with Gasteiger partial charge in [0.2, 0.25) is 0 Å². The number of ether oxygens (including phenoxy) is 2. The predicted octanol–water partition coefficient (Wildman–Crippen LogP) is 7.01. The van der Waals surface area contributed by atoms with Gasteiger partial charge in [0.15, 0.2) is 11.5 Å². The Hall–Kier alpha value is -2.45. The summed E-state index contributed by atoms with van der Waals surface area (Å²) in [5.74, 6) is 2.01. The van der Waals surface area contributed by atoms with Crippen molar-refractivity contribution in [3.8, 4) is 23.0 Å². The summed E-state index contributed by atoms with van der Waals surface area (Å²) in [6, 6.07) is 22.6. The average molecular weight is 515 g/mol. The SMILES string of the molecule is Cl.Cl.FC(F)(F)C[C@H](c1ccc(Oc2ccccc2)c(Oc2ccccc2)c1)N1CCNCC1. The molecule has 0 radical (unpaired) electrons. The fourth-order valence-electron chi connectivity index (χ4n) is 3.80. The number of hydrogen-bond acceptors (Lipinski definition) is 4. The van der Waals surface area contributed by atoms with E-state index in [1.54, 1.807) is 30.3 Å².